The fraction of sp³-hybridized carbons (Fsp3) is 0.316. The molecule has 1 fully saturated rings. The van der Waals surface area contributed by atoms with Gasteiger partial charge in [-0.1, -0.05) is 30.3 Å². The summed E-state index contributed by atoms with van der Waals surface area (Å²) in [5.74, 6) is -0.322. The number of carbonyl (C=O) groups is 1. The van der Waals surface area contributed by atoms with Crippen molar-refractivity contribution in [1.29, 1.82) is 0 Å². The maximum Gasteiger partial charge on any atom is 0.251 e. The third kappa shape index (κ3) is 4.57. The van der Waals surface area contributed by atoms with E-state index >= 15 is 0 Å². The van der Waals surface area contributed by atoms with Crippen LogP contribution in [0.1, 0.15) is 28.9 Å². The molecular formula is C19H21BrN2O4S. The fourth-order valence-electron chi connectivity index (χ4n) is 2.87. The fourth-order valence-corrected chi connectivity index (χ4v) is 5.23. The van der Waals surface area contributed by atoms with Crippen molar-refractivity contribution in [3.8, 4) is 0 Å². The molecule has 1 unspecified atom stereocenters. The monoisotopic (exact) mass is 452 g/mol. The van der Waals surface area contributed by atoms with Gasteiger partial charge in [0, 0.05) is 23.1 Å². The van der Waals surface area contributed by atoms with Gasteiger partial charge in [0.15, 0.2) is 0 Å². The first-order valence-electron chi connectivity index (χ1n) is 8.63. The highest BCUT2D eigenvalue weighted by Crippen LogP contribution is 2.27. The highest BCUT2D eigenvalue weighted by molar-refractivity contribution is 9.10. The van der Waals surface area contributed by atoms with Gasteiger partial charge < -0.3 is 10.1 Å². The normalized spacial score (nSPS) is 16.7. The van der Waals surface area contributed by atoms with E-state index in [9.17, 15) is 13.2 Å². The molecule has 0 saturated carbocycles. The van der Waals surface area contributed by atoms with Crippen LogP contribution in [0.4, 0.5) is 0 Å². The number of halogens is 1. The van der Waals surface area contributed by atoms with Crippen molar-refractivity contribution in [1.82, 2.24) is 9.62 Å². The maximum absolute atomic E-state index is 12.9. The van der Waals surface area contributed by atoms with E-state index in [1.165, 1.54) is 10.4 Å². The van der Waals surface area contributed by atoms with Crippen molar-refractivity contribution in [3.63, 3.8) is 0 Å². The van der Waals surface area contributed by atoms with Crippen molar-refractivity contribution in [3.05, 3.63) is 64.1 Å². The van der Waals surface area contributed by atoms with Crippen LogP contribution in [-0.2, 0) is 14.8 Å². The Morgan fingerprint density at radius 2 is 1.81 bits per heavy atom. The SMILES string of the molecule is CC(NC(=O)c1ccc(Br)c(S(=O)(=O)N2CCOCC2)c1)c1ccccc1. The van der Waals surface area contributed by atoms with Gasteiger partial charge >= 0.3 is 0 Å². The molecule has 0 bridgehead atoms. The van der Waals surface area contributed by atoms with Crippen LogP contribution in [0.15, 0.2) is 57.9 Å². The topological polar surface area (TPSA) is 75.7 Å². The molecule has 1 heterocycles. The molecule has 27 heavy (non-hydrogen) atoms. The number of hydrogen-bond donors (Lipinski definition) is 1. The molecule has 144 valence electrons. The first-order valence-corrected chi connectivity index (χ1v) is 10.9. The molecule has 1 saturated heterocycles. The van der Waals surface area contributed by atoms with Gasteiger partial charge in [-0.05, 0) is 46.6 Å². The summed E-state index contributed by atoms with van der Waals surface area (Å²) in [5.41, 5.74) is 1.27. The summed E-state index contributed by atoms with van der Waals surface area (Å²) >= 11 is 3.30. The van der Waals surface area contributed by atoms with Crippen molar-refractivity contribution in [2.75, 3.05) is 26.3 Å². The minimum atomic E-state index is -3.70. The molecule has 1 atom stereocenters. The maximum atomic E-state index is 12.9. The molecule has 1 aliphatic heterocycles. The zero-order chi connectivity index (χ0) is 19.4. The summed E-state index contributed by atoms with van der Waals surface area (Å²) in [4.78, 5) is 12.7. The number of morpholine rings is 1. The predicted octanol–water partition coefficient (Wildman–Crippen LogP) is 2.96. The summed E-state index contributed by atoms with van der Waals surface area (Å²) in [6.07, 6.45) is 0. The summed E-state index contributed by atoms with van der Waals surface area (Å²) in [7, 11) is -3.70. The lowest BCUT2D eigenvalue weighted by Gasteiger charge is -2.26. The number of nitrogens with one attached hydrogen (secondary N) is 1. The Bertz CT molecular complexity index is 913. The van der Waals surface area contributed by atoms with Gasteiger partial charge in [-0.3, -0.25) is 4.79 Å². The number of ether oxygens (including phenoxy) is 1. The zero-order valence-corrected chi connectivity index (χ0v) is 17.3. The molecule has 2 aromatic rings. The second-order valence-electron chi connectivity index (χ2n) is 6.27. The third-order valence-corrected chi connectivity index (χ3v) is 7.32. The smallest absolute Gasteiger partial charge is 0.251 e. The molecule has 0 aromatic heterocycles. The highest BCUT2D eigenvalue weighted by Gasteiger charge is 2.29. The highest BCUT2D eigenvalue weighted by atomic mass is 79.9. The molecule has 1 aliphatic rings. The second kappa shape index (κ2) is 8.52. The lowest BCUT2D eigenvalue weighted by Crippen LogP contribution is -2.40. The van der Waals surface area contributed by atoms with E-state index in [1.54, 1.807) is 12.1 Å². The standard InChI is InChI=1S/C19H21BrN2O4S/c1-14(15-5-3-2-4-6-15)21-19(23)16-7-8-17(20)18(13-16)27(24,25)22-9-11-26-12-10-22/h2-8,13-14H,9-12H2,1H3,(H,21,23). The van der Waals surface area contributed by atoms with Gasteiger partial charge in [0.2, 0.25) is 10.0 Å². The average molecular weight is 453 g/mol. The summed E-state index contributed by atoms with van der Waals surface area (Å²) < 4.78 is 32.9. The van der Waals surface area contributed by atoms with Crippen LogP contribution in [-0.4, -0.2) is 44.9 Å². The van der Waals surface area contributed by atoms with Gasteiger partial charge in [-0.25, -0.2) is 8.42 Å². The molecule has 0 aliphatic carbocycles. The van der Waals surface area contributed by atoms with Crippen molar-refractivity contribution >= 4 is 31.9 Å². The third-order valence-electron chi connectivity index (χ3n) is 4.43. The number of benzene rings is 2. The minimum absolute atomic E-state index is 0.0874. The van der Waals surface area contributed by atoms with Gasteiger partial charge in [-0.15, -0.1) is 0 Å². The largest absolute Gasteiger partial charge is 0.379 e. The predicted molar refractivity (Wildman–Crippen MR) is 106 cm³/mol. The molecule has 8 heteroatoms. The Hall–Kier alpha value is -1.74. The zero-order valence-electron chi connectivity index (χ0n) is 14.9. The van der Waals surface area contributed by atoms with Crippen LogP contribution in [0.3, 0.4) is 0 Å². The second-order valence-corrected chi connectivity index (χ2v) is 9.03. The number of nitrogens with zero attached hydrogens (tertiary/aromatic N) is 1. The first kappa shape index (κ1) is 20.0. The molecule has 2 aromatic carbocycles. The number of rotatable bonds is 5. The van der Waals surface area contributed by atoms with Crippen LogP contribution < -0.4 is 5.32 Å². The lowest BCUT2D eigenvalue weighted by atomic mass is 10.1. The van der Waals surface area contributed by atoms with Crippen molar-refractivity contribution < 1.29 is 17.9 Å². The quantitative estimate of drug-likeness (QED) is 0.756. The molecule has 3 rings (SSSR count). The van der Waals surface area contributed by atoms with E-state index in [0.717, 1.165) is 5.56 Å². The molecule has 1 N–H and O–H groups in total. The molecular weight excluding hydrogens is 432 g/mol. The number of carbonyl (C=O) groups excluding carboxylic acids is 1. The van der Waals surface area contributed by atoms with E-state index in [4.69, 9.17) is 4.74 Å². The summed E-state index contributed by atoms with van der Waals surface area (Å²) in [6, 6.07) is 14.0. The molecule has 1 amide bonds. The first-order chi connectivity index (χ1) is 12.9. The molecule has 6 nitrogen and oxygen atoms in total. The molecule has 0 radical (unpaired) electrons. The summed E-state index contributed by atoms with van der Waals surface area (Å²) in [6.45, 7) is 3.22. The Labute approximate surface area is 167 Å². The molecule has 0 spiro atoms. The number of amides is 1. The lowest BCUT2D eigenvalue weighted by molar-refractivity contribution is 0.0730. The van der Waals surface area contributed by atoms with E-state index in [-0.39, 0.29) is 16.8 Å². The Balaban J connectivity index is 1.83. The van der Waals surface area contributed by atoms with Crippen LogP contribution in [0.2, 0.25) is 0 Å². The van der Waals surface area contributed by atoms with Crippen LogP contribution >= 0.6 is 15.9 Å². The Morgan fingerprint density at radius 3 is 2.48 bits per heavy atom. The Morgan fingerprint density at radius 1 is 1.15 bits per heavy atom. The average Bonchev–Trinajstić information content (AvgIpc) is 2.69. The van der Waals surface area contributed by atoms with Gasteiger partial charge in [0.05, 0.1) is 24.2 Å². The van der Waals surface area contributed by atoms with Crippen LogP contribution in [0.25, 0.3) is 0 Å². The Kier molecular flexibility index (Phi) is 6.31. The van der Waals surface area contributed by atoms with E-state index < -0.39 is 10.0 Å². The van der Waals surface area contributed by atoms with Crippen LogP contribution in [0, 0.1) is 0 Å². The minimum Gasteiger partial charge on any atom is -0.379 e. The van der Waals surface area contributed by atoms with Gasteiger partial charge in [0.25, 0.3) is 5.91 Å². The van der Waals surface area contributed by atoms with Gasteiger partial charge in [-0.2, -0.15) is 4.31 Å². The summed E-state index contributed by atoms with van der Waals surface area (Å²) in [5, 5.41) is 2.91. The van der Waals surface area contributed by atoms with Crippen LogP contribution in [0.5, 0.6) is 0 Å². The van der Waals surface area contributed by atoms with E-state index in [2.05, 4.69) is 21.2 Å². The number of sulfonamides is 1. The van der Waals surface area contributed by atoms with Gasteiger partial charge in [0.1, 0.15) is 0 Å². The van der Waals surface area contributed by atoms with E-state index in [1.807, 2.05) is 37.3 Å². The van der Waals surface area contributed by atoms with E-state index in [0.29, 0.717) is 36.3 Å². The van der Waals surface area contributed by atoms with Crippen molar-refractivity contribution in [2.45, 2.75) is 17.9 Å². The number of hydrogen-bond acceptors (Lipinski definition) is 4. The van der Waals surface area contributed by atoms with Crippen molar-refractivity contribution in [2.24, 2.45) is 0 Å².